The number of hydrogen-bond acceptors (Lipinski definition) is 1. The van der Waals surface area contributed by atoms with Crippen molar-refractivity contribution in [3.8, 4) is 16.9 Å². The number of rotatable bonds is 4. The van der Waals surface area contributed by atoms with Gasteiger partial charge < -0.3 is 4.74 Å². The Morgan fingerprint density at radius 1 is 0.905 bits per heavy atom. The third kappa shape index (κ3) is 3.32. The van der Waals surface area contributed by atoms with Crippen molar-refractivity contribution in [3.63, 3.8) is 0 Å². The molecule has 21 heavy (non-hydrogen) atoms. The third-order valence-electron chi connectivity index (χ3n) is 3.80. The molecule has 0 N–H and O–H groups in total. The van der Waals surface area contributed by atoms with Crippen LogP contribution >= 0.6 is 15.9 Å². The summed E-state index contributed by atoms with van der Waals surface area (Å²) in [5.41, 5.74) is 5.27. The van der Waals surface area contributed by atoms with E-state index in [0.29, 0.717) is 11.8 Å². The van der Waals surface area contributed by atoms with E-state index in [-0.39, 0.29) is 0 Å². The van der Waals surface area contributed by atoms with Gasteiger partial charge in [-0.25, -0.2) is 0 Å². The molecule has 0 aromatic heterocycles. The second-order valence-corrected chi connectivity index (χ2v) is 6.82. The van der Waals surface area contributed by atoms with Crippen molar-refractivity contribution in [1.82, 2.24) is 0 Å². The Morgan fingerprint density at radius 3 is 1.86 bits per heavy atom. The van der Waals surface area contributed by atoms with Crippen molar-refractivity contribution >= 4 is 15.9 Å². The SMILES string of the molecule is COc1cc(C(C)C)c(-c2ccccc2Br)c(C(C)C)c1. The summed E-state index contributed by atoms with van der Waals surface area (Å²) in [5, 5.41) is 0. The largest absolute Gasteiger partial charge is 0.497 e. The van der Waals surface area contributed by atoms with E-state index in [1.54, 1.807) is 7.11 Å². The molecule has 0 saturated heterocycles. The number of ether oxygens (including phenoxy) is 1. The summed E-state index contributed by atoms with van der Waals surface area (Å²) in [4.78, 5) is 0. The average Bonchev–Trinajstić information content (AvgIpc) is 2.46. The van der Waals surface area contributed by atoms with Crippen LogP contribution in [0.2, 0.25) is 0 Å². The molecule has 0 aliphatic heterocycles. The first kappa shape index (κ1) is 16.1. The summed E-state index contributed by atoms with van der Waals surface area (Å²) < 4.78 is 6.64. The van der Waals surface area contributed by atoms with Gasteiger partial charge in [-0.1, -0.05) is 61.8 Å². The summed E-state index contributed by atoms with van der Waals surface area (Å²) in [6, 6.07) is 12.8. The molecular weight excluding hydrogens is 324 g/mol. The molecule has 0 fully saturated rings. The van der Waals surface area contributed by atoms with Gasteiger partial charge in [0.15, 0.2) is 0 Å². The van der Waals surface area contributed by atoms with Gasteiger partial charge in [-0.05, 0) is 52.3 Å². The highest BCUT2D eigenvalue weighted by atomic mass is 79.9. The van der Waals surface area contributed by atoms with E-state index < -0.39 is 0 Å². The number of hydrogen-bond donors (Lipinski definition) is 0. The molecule has 0 spiro atoms. The molecule has 0 heterocycles. The predicted molar refractivity (Wildman–Crippen MR) is 94.3 cm³/mol. The van der Waals surface area contributed by atoms with E-state index in [1.165, 1.54) is 22.3 Å². The minimum absolute atomic E-state index is 0.444. The molecule has 2 aromatic carbocycles. The Balaban J connectivity index is 2.81. The van der Waals surface area contributed by atoms with E-state index in [1.807, 2.05) is 0 Å². The molecular formula is C19H23BrO. The summed E-state index contributed by atoms with van der Waals surface area (Å²) in [7, 11) is 1.74. The molecule has 112 valence electrons. The van der Waals surface area contributed by atoms with Crippen molar-refractivity contribution in [2.45, 2.75) is 39.5 Å². The van der Waals surface area contributed by atoms with E-state index in [2.05, 4.69) is 80.0 Å². The lowest BCUT2D eigenvalue weighted by Gasteiger charge is -2.22. The number of methoxy groups -OCH3 is 1. The van der Waals surface area contributed by atoms with Gasteiger partial charge in [0.05, 0.1) is 7.11 Å². The Hall–Kier alpha value is -1.28. The first-order valence-electron chi connectivity index (χ1n) is 7.42. The number of benzene rings is 2. The quantitative estimate of drug-likeness (QED) is 0.624. The van der Waals surface area contributed by atoms with Crippen LogP contribution in [0.25, 0.3) is 11.1 Å². The zero-order valence-electron chi connectivity index (χ0n) is 13.4. The summed E-state index contributed by atoms with van der Waals surface area (Å²) in [6.45, 7) is 8.94. The second-order valence-electron chi connectivity index (χ2n) is 5.97. The van der Waals surface area contributed by atoms with Crippen LogP contribution < -0.4 is 4.74 Å². The Labute approximate surface area is 136 Å². The van der Waals surface area contributed by atoms with Crippen LogP contribution in [0.1, 0.15) is 50.7 Å². The van der Waals surface area contributed by atoms with Gasteiger partial charge in [0.25, 0.3) is 0 Å². The summed E-state index contributed by atoms with van der Waals surface area (Å²) in [6.07, 6.45) is 0. The van der Waals surface area contributed by atoms with E-state index in [0.717, 1.165) is 10.2 Å². The van der Waals surface area contributed by atoms with Crippen LogP contribution in [0.5, 0.6) is 5.75 Å². The van der Waals surface area contributed by atoms with Gasteiger partial charge in [0.1, 0.15) is 5.75 Å². The molecule has 2 heteroatoms. The van der Waals surface area contributed by atoms with Gasteiger partial charge in [-0.15, -0.1) is 0 Å². The molecule has 2 aromatic rings. The van der Waals surface area contributed by atoms with Crippen LogP contribution in [0, 0.1) is 0 Å². The highest BCUT2D eigenvalue weighted by Gasteiger charge is 2.19. The van der Waals surface area contributed by atoms with Crippen molar-refractivity contribution in [2.24, 2.45) is 0 Å². The van der Waals surface area contributed by atoms with Crippen LogP contribution in [0.3, 0.4) is 0 Å². The maximum Gasteiger partial charge on any atom is 0.119 e. The molecule has 2 rings (SSSR count). The highest BCUT2D eigenvalue weighted by Crippen LogP contribution is 2.41. The van der Waals surface area contributed by atoms with Gasteiger partial charge >= 0.3 is 0 Å². The standard InChI is InChI=1S/C19H23BrO/c1-12(2)16-10-14(21-5)11-17(13(3)4)19(16)15-8-6-7-9-18(15)20/h6-13H,1-5H3. The monoisotopic (exact) mass is 346 g/mol. The van der Waals surface area contributed by atoms with Gasteiger partial charge in [0.2, 0.25) is 0 Å². The van der Waals surface area contributed by atoms with E-state index >= 15 is 0 Å². The predicted octanol–water partition coefficient (Wildman–Crippen LogP) is 6.37. The third-order valence-corrected chi connectivity index (χ3v) is 4.49. The molecule has 0 aliphatic rings. The van der Waals surface area contributed by atoms with Crippen LogP contribution in [-0.2, 0) is 0 Å². The van der Waals surface area contributed by atoms with Crippen molar-refractivity contribution < 1.29 is 4.74 Å². The molecule has 0 atom stereocenters. The smallest absolute Gasteiger partial charge is 0.119 e. The molecule has 0 radical (unpaired) electrons. The fourth-order valence-electron chi connectivity index (χ4n) is 2.66. The van der Waals surface area contributed by atoms with E-state index in [4.69, 9.17) is 4.74 Å². The lowest BCUT2D eigenvalue weighted by molar-refractivity contribution is 0.413. The zero-order valence-corrected chi connectivity index (χ0v) is 15.0. The molecule has 0 bridgehead atoms. The van der Waals surface area contributed by atoms with Crippen molar-refractivity contribution in [2.75, 3.05) is 7.11 Å². The highest BCUT2D eigenvalue weighted by molar-refractivity contribution is 9.10. The zero-order chi connectivity index (χ0) is 15.6. The fraction of sp³-hybridized carbons (Fsp3) is 0.368. The van der Waals surface area contributed by atoms with Crippen molar-refractivity contribution in [1.29, 1.82) is 0 Å². The topological polar surface area (TPSA) is 9.23 Å². The van der Waals surface area contributed by atoms with E-state index in [9.17, 15) is 0 Å². The minimum Gasteiger partial charge on any atom is -0.497 e. The number of halogens is 1. The van der Waals surface area contributed by atoms with Gasteiger partial charge in [-0.2, -0.15) is 0 Å². The van der Waals surface area contributed by atoms with Gasteiger partial charge in [-0.3, -0.25) is 0 Å². The lowest BCUT2D eigenvalue weighted by atomic mass is 9.85. The maximum absolute atomic E-state index is 5.51. The summed E-state index contributed by atoms with van der Waals surface area (Å²) >= 11 is 3.70. The molecule has 0 saturated carbocycles. The van der Waals surface area contributed by atoms with Crippen LogP contribution in [0.15, 0.2) is 40.9 Å². The maximum atomic E-state index is 5.51. The minimum atomic E-state index is 0.444. The normalized spacial score (nSPS) is 11.2. The molecule has 0 unspecified atom stereocenters. The first-order chi connectivity index (χ1) is 9.95. The first-order valence-corrected chi connectivity index (χ1v) is 8.21. The molecule has 1 nitrogen and oxygen atoms in total. The Kier molecular flexibility index (Phi) is 5.10. The fourth-order valence-corrected chi connectivity index (χ4v) is 3.15. The molecule has 0 aliphatic carbocycles. The second kappa shape index (κ2) is 6.65. The van der Waals surface area contributed by atoms with Crippen LogP contribution in [0.4, 0.5) is 0 Å². The van der Waals surface area contributed by atoms with Gasteiger partial charge in [0, 0.05) is 4.47 Å². The lowest BCUT2D eigenvalue weighted by Crippen LogP contribution is -2.02. The van der Waals surface area contributed by atoms with Crippen LogP contribution in [-0.4, -0.2) is 7.11 Å². The Morgan fingerprint density at radius 2 is 1.43 bits per heavy atom. The summed E-state index contributed by atoms with van der Waals surface area (Å²) in [5.74, 6) is 1.83. The average molecular weight is 347 g/mol. The Bertz CT molecular complexity index is 600. The molecule has 0 amide bonds. The van der Waals surface area contributed by atoms with Crippen molar-refractivity contribution in [3.05, 3.63) is 52.0 Å².